The summed E-state index contributed by atoms with van der Waals surface area (Å²) in [4.78, 5) is 4.54. The second-order valence-electron chi connectivity index (χ2n) is 4.51. The second kappa shape index (κ2) is 5.84. The maximum Gasteiger partial charge on any atom is 0.141 e. The minimum Gasteiger partial charge on any atom is -0.296 e. The standard InChI is InChI=1S/C15H10Cl3FN2/c16-7-6-14-20-15-10(17)2-1-3-13(15)21(14)9-4-5-12(19)11(18)8-9/h1-5,8H,6-7H2. The van der Waals surface area contributed by atoms with Crippen LogP contribution in [-0.4, -0.2) is 15.4 Å². The molecule has 3 rings (SSSR count). The Hall–Kier alpha value is -1.29. The first-order valence-electron chi connectivity index (χ1n) is 6.29. The van der Waals surface area contributed by atoms with Crippen LogP contribution in [0.4, 0.5) is 4.39 Å². The Morgan fingerprint density at radius 1 is 1.10 bits per heavy atom. The van der Waals surface area contributed by atoms with Crippen LogP contribution in [-0.2, 0) is 6.42 Å². The summed E-state index contributed by atoms with van der Waals surface area (Å²) in [6.07, 6.45) is 0.571. The number of aryl methyl sites for hydroxylation is 1. The van der Waals surface area contributed by atoms with E-state index in [1.807, 2.05) is 16.7 Å². The molecule has 0 bridgehead atoms. The molecule has 0 radical (unpaired) electrons. The van der Waals surface area contributed by atoms with E-state index in [0.29, 0.717) is 22.8 Å². The molecule has 0 aliphatic heterocycles. The van der Waals surface area contributed by atoms with Crippen LogP contribution in [0.2, 0.25) is 10.0 Å². The van der Waals surface area contributed by atoms with Gasteiger partial charge in [0.25, 0.3) is 0 Å². The summed E-state index contributed by atoms with van der Waals surface area (Å²) >= 11 is 17.9. The molecule has 0 aliphatic rings. The van der Waals surface area contributed by atoms with E-state index < -0.39 is 5.82 Å². The average Bonchev–Trinajstić information content (AvgIpc) is 2.82. The number of alkyl halides is 1. The summed E-state index contributed by atoms with van der Waals surface area (Å²) < 4.78 is 15.3. The minimum absolute atomic E-state index is 0.0631. The number of rotatable bonds is 3. The molecule has 2 aromatic carbocycles. The van der Waals surface area contributed by atoms with E-state index in [2.05, 4.69) is 4.98 Å². The van der Waals surface area contributed by atoms with Crippen molar-refractivity contribution in [2.45, 2.75) is 6.42 Å². The van der Waals surface area contributed by atoms with Gasteiger partial charge in [-0.05, 0) is 30.3 Å². The summed E-state index contributed by atoms with van der Waals surface area (Å²) in [5.41, 5.74) is 2.26. The molecule has 0 aliphatic carbocycles. The molecular weight excluding hydrogens is 334 g/mol. The van der Waals surface area contributed by atoms with Crippen molar-refractivity contribution < 1.29 is 4.39 Å². The van der Waals surface area contributed by atoms with Crippen LogP contribution >= 0.6 is 34.8 Å². The van der Waals surface area contributed by atoms with Gasteiger partial charge in [0.1, 0.15) is 17.2 Å². The highest BCUT2D eigenvalue weighted by molar-refractivity contribution is 6.35. The van der Waals surface area contributed by atoms with Gasteiger partial charge in [-0.2, -0.15) is 0 Å². The van der Waals surface area contributed by atoms with E-state index >= 15 is 0 Å². The fourth-order valence-corrected chi connectivity index (χ4v) is 2.83. The maximum absolute atomic E-state index is 13.4. The molecule has 0 spiro atoms. The number of para-hydroxylation sites is 1. The van der Waals surface area contributed by atoms with Crippen molar-refractivity contribution in [3.63, 3.8) is 0 Å². The normalized spacial score (nSPS) is 11.2. The fourth-order valence-electron chi connectivity index (χ4n) is 2.28. The summed E-state index contributed by atoms with van der Waals surface area (Å²) in [5, 5.41) is 0.628. The average molecular weight is 344 g/mol. The highest BCUT2D eigenvalue weighted by Crippen LogP contribution is 2.29. The third-order valence-corrected chi connectivity index (χ3v) is 3.97. The van der Waals surface area contributed by atoms with Gasteiger partial charge < -0.3 is 0 Å². The zero-order valence-corrected chi connectivity index (χ0v) is 13.1. The van der Waals surface area contributed by atoms with E-state index in [1.165, 1.54) is 6.07 Å². The number of hydrogen-bond donors (Lipinski definition) is 0. The van der Waals surface area contributed by atoms with Crippen molar-refractivity contribution >= 4 is 45.8 Å². The molecule has 6 heteroatoms. The number of imidazole rings is 1. The van der Waals surface area contributed by atoms with Gasteiger partial charge in [0, 0.05) is 18.0 Å². The van der Waals surface area contributed by atoms with Crippen LogP contribution in [0.25, 0.3) is 16.7 Å². The van der Waals surface area contributed by atoms with E-state index in [9.17, 15) is 4.39 Å². The Bertz CT molecular complexity index is 814. The Balaban J connectivity index is 2.30. The Labute approximate surface area is 136 Å². The maximum atomic E-state index is 13.4. The lowest BCUT2D eigenvalue weighted by Crippen LogP contribution is -2.02. The Kier molecular flexibility index (Phi) is 4.07. The van der Waals surface area contributed by atoms with Gasteiger partial charge in [-0.25, -0.2) is 9.37 Å². The van der Waals surface area contributed by atoms with Gasteiger partial charge >= 0.3 is 0 Å². The first-order valence-corrected chi connectivity index (χ1v) is 7.58. The third-order valence-electron chi connectivity index (χ3n) is 3.18. The number of benzene rings is 2. The molecule has 0 atom stereocenters. The van der Waals surface area contributed by atoms with Crippen LogP contribution in [0.15, 0.2) is 36.4 Å². The van der Waals surface area contributed by atoms with Crippen LogP contribution in [0.3, 0.4) is 0 Å². The highest BCUT2D eigenvalue weighted by Gasteiger charge is 2.15. The van der Waals surface area contributed by atoms with Crippen LogP contribution in [0, 0.1) is 5.82 Å². The van der Waals surface area contributed by atoms with E-state index in [-0.39, 0.29) is 5.02 Å². The van der Waals surface area contributed by atoms with Crippen molar-refractivity contribution in [2.75, 3.05) is 5.88 Å². The molecule has 0 fully saturated rings. The van der Waals surface area contributed by atoms with E-state index in [1.54, 1.807) is 18.2 Å². The molecule has 0 amide bonds. The summed E-state index contributed by atoms with van der Waals surface area (Å²) in [7, 11) is 0. The second-order valence-corrected chi connectivity index (χ2v) is 5.70. The zero-order chi connectivity index (χ0) is 15.0. The Morgan fingerprint density at radius 3 is 2.62 bits per heavy atom. The van der Waals surface area contributed by atoms with Crippen molar-refractivity contribution in [3.05, 3.63) is 58.1 Å². The molecule has 0 saturated carbocycles. The topological polar surface area (TPSA) is 17.8 Å². The molecular formula is C15H10Cl3FN2. The summed E-state index contributed by atoms with van der Waals surface area (Å²) in [6, 6.07) is 10.1. The van der Waals surface area contributed by atoms with Crippen LogP contribution in [0.5, 0.6) is 0 Å². The lowest BCUT2D eigenvalue weighted by atomic mass is 10.2. The van der Waals surface area contributed by atoms with Gasteiger partial charge in [0.05, 0.1) is 15.6 Å². The van der Waals surface area contributed by atoms with Crippen molar-refractivity contribution in [1.29, 1.82) is 0 Å². The molecule has 3 aromatic rings. The highest BCUT2D eigenvalue weighted by atomic mass is 35.5. The first-order chi connectivity index (χ1) is 10.1. The number of nitrogens with zero attached hydrogens (tertiary/aromatic N) is 2. The summed E-state index contributed by atoms with van der Waals surface area (Å²) in [5.74, 6) is 0.730. The fraction of sp³-hybridized carbons (Fsp3) is 0.133. The largest absolute Gasteiger partial charge is 0.296 e. The molecule has 21 heavy (non-hydrogen) atoms. The van der Waals surface area contributed by atoms with Crippen molar-refractivity contribution in [3.8, 4) is 5.69 Å². The number of aromatic nitrogens is 2. The number of halogens is 4. The smallest absolute Gasteiger partial charge is 0.141 e. The molecule has 2 nitrogen and oxygen atoms in total. The lowest BCUT2D eigenvalue weighted by Gasteiger charge is -2.09. The minimum atomic E-state index is -0.457. The molecule has 0 saturated heterocycles. The SMILES string of the molecule is Fc1ccc(-n2c(CCCl)nc3c(Cl)cccc32)cc1Cl. The van der Waals surface area contributed by atoms with Gasteiger partial charge in [-0.3, -0.25) is 4.57 Å². The van der Waals surface area contributed by atoms with Crippen LogP contribution < -0.4 is 0 Å². The predicted molar refractivity (Wildman–Crippen MR) is 85.5 cm³/mol. The monoisotopic (exact) mass is 342 g/mol. The first kappa shape index (κ1) is 14.6. The van der Waals surface area contributed by atoms with Crippen LogP contribution in [0.1, 0.15) is 5.82 Å². The zero-order valence-electron chi connectivity index (χ0n) is 10.8. The summed E-state index contributed by atoms with van der Waals surface area (Å²) in [6.45, 7) is 0. The number of hydrogen-bond acceptors (Lipinski definition) is 1. The third kappa shape index (κ3) is 2.61. The van der Waals surface area contributed by atoms with Gasteiger partial charge in [-0.1, -0.05) is 29.3 Å². The molecule has 1 aromatic heterocycles. The molecule has 1 heterocycles. The van der Waals surface area contributed by atoms with Crippen molar-refractivity contribution in [1.82, 2.24) is 9.55 Å². The molecule has 0 unspecified atom stereocenters. The van der Waals surface area contributed by atoms with Gasteiger partial charge in [0.2, 0.25) is 0 Å². The predicted octanol–water partition coefficient (Wildman–Crippen LogP) is 5.25. The molecule has 108 valence electrons. The van der Waals surface area contributed by atoms with E-state index in [0.717, 1.165) is 17.0 Å². The molecule has 0 N–H and O–H groups in total. The Morgan fingerprint density at radius 2 is 1.90 bits per heavy atom. The van der Waals surface area contributed by atoms with Gasteiger partial charge in [-0.15, -0.1) is 11.6 Å². The lowest BCUT2D eigenvalue weighted by molar-refractivity contribution is 0.627. The van der Waals surface area contributed by atoms with Gasteiger partial charge in [0.15, 0.2) is 0 Å². The van der Waals surface area contributed by atoms with Crippen molar-refractivity contribution in [2.24, 2.45) is 0 Å². The quantitative estimate of drug-likeness (QED) is 0.594. The number of fused-ring (bicyclic) bond motifs is 1. The van der Waals surface area contributed by atoms with E-state index in [4.69, 9.17) is 34.8 Å².